The van der Waals surface area contributed by atoms with Gasteiger partial charge in [0.25, 0.3) is 0 Å². The van der Waals surface area contributed by atoms with Gasteiger partial charge in [-0.1, -0.05) is 6.07 Å². The van der Waals surface area contributed by atoms with E-state index in [-0.39, 0.29) is 6.04 Å². The normalized spacial score (nSPS) is 12.7. The molecule has 0 aliphatic rings. The van der Waals surface area contributed by atoms with Crippen LogP contribution in [-0.4, -0.2) is 15.2 Å². The minimum atomic E-state index is 0.176. The molecule has 1 unspecified atom stereocenters. The zero-order valence-corrected chi connectivity index (χ0v) is 12.1. The van der Waals surface area contributed by atoms with Crippen LogP contribution in [0.15, 0.2) is 35.3 Å². The third kappa shape index (κ3) is 2.91. The Hall–Kier alpha value is -1.50. The van der Waals surface area contributed by atoms with Gasteiger partial charge in [0.05, 0.1) is 6.04 Å². The highest BCUT2D eigenvalue weighted by Gasteiger charge is 2.09. The van der Waals surface area contributed by atoms with Gasteiger partial charge in [0.15, 0.2) is 0 Å². The molecule has 0 radical (unpaired) electrons. The van der Waals surface area contributed by atoms with Crippen LogP contribution in [-0.2, 0) is 6.54 Å². The molecule has 0 fully saturated rings. The summed E-state index contributed by atoms with van der Waals surface area (Å²) in [7, 11) is 0. The molecule has 2 N–H and O–H groups in total. The first kappa shape index (κ1) is 12.5. The van der Waals surface area contributed by atoms with E-state index in [0.717, 1.165) is 12.4 Å². The molecular formula is C13H14N4S2. The second-order valence-electron chi connectivity index (χ2n) is 4.25. The lowest BCUT2D eigenvalue weighted by molar-refractivity contribution is 0.551. The lowest BCUT2D eigenvalue weighted by Gasteiger charge is -2.09. The summed E-state index contributed by atoms with van der Waals surface area (Å²) in [5.74, 6) is 0.870. The molecule has 0 saturated carbocycles. The van der Waals surface area contributed by atoms with E-state index in [0.29, 0.717) is 0 Å². The largest absolute Gasteiger partial charge is 0.303 e. The number of H-pyrrole nitrogens is 1. The third-order valence-corrected chi connectivity index (χ3v) is 4.74. The smallest absolute Gasteiger partial charge is 0.141 e. The maximum absolute atomic E-state index is 4.15. The van der Waals surface area contributed by atoms with E-state index in [4.69, 9.17) is 0 Å². The molecule has 3 heterocycles. The van der Waals surface area contributed by atoms with E-state index < -0.39 is 0 Å². The quantitative estimate of drug-likeness (QED) is 0.757. The first-order chi connectivity index (χ1) is 9.33. The predicted molar refractivity (Wildman–Crippen MR) is 79.3 cm³/mol. The van der Waals surface area contributed by atoms with Gasteiger partial charge in [0.1, 0.15) is 12.2 Å². The highest BCUT2D eigenvalue weighted by atomic mass is 32.1. The SMILES string of the molecule is CC(NCc1cc(-c2cccs2)cs1)c1ncn[nH]1. The molecule has 0 spiro atoms. The van der Waals surface area contributed by atoms with Gasteiger partial charge in [-0.3, -0.25) is 5.10 Å². The van der Waals surface area contributed by atoms with Crippen molar-refractivity contribution in [3.05, 3.63) is 46.0 Å². The van der Waals surface area contributed by atoms with Gasteiger partial charge in [-0.25, -0.2) is 4.98 Å². The van der Waals surface area contributed by atoms with Crippen LogP contribution in [0.3, 0.4) is 0 Å². The van der Waals surface area contributed by atoms with Crippen LogP contribution < -0.4 is 5.32 Å². The van der Waals surface area contributed by atoms with E-state index in [1.54, 1.807) is 22.7 Å². The van der Waals surface area contributed by atoms with Crippen LogP contribution >= 0.6 is 22.7 Å². The van der Waals surface area contributed by atoms with Gasteiger partial charge in [0.2, 0.25) is 0 Å². The molecule has 0 bridgehead atoms. The summed E-state index contributed by atoms with van der Waals surface area (Å²) < 4.78 is 0. The molecular weight excluding hydrogens is 276 g/mol. The van der Waals surface area contributed by atoms with Crippen molar-refractivity contribution in [1.29, 1.82) is 0 Å². The minimum absolute atomic E-state index is 0.176. The molecule has 0 saturated heterocycles. The number of hydrogen-bond acceptors (Lipinski definition) is 5. The number of nitrogens with zero attached hydrogens (tertiary/aromatic N) is 2. The zero-order valence-electron chi connectivity index (χ0n) is 10.5. The van der Waals surface area contributed by atoms with Crippen molar-refractivity contribution in [2.24, 2.45) is 0 Å². The van der Waals surface area contributed by atoms with Crippen LogP contribution in [0, 0.1) is 0 Å². The average molecular weight is 290 g/mol. The molecule has 3 rings (SSSR count). The Morgan fingerprint density at radius 2 is 2.37 bits per heavy atom. The van der Waals surface area contributed by atoms with E-state index in [2.05, 4.69) is 56.4 Å². The molecule has 3 aromatic rings. The maximum atomic E-state index is 4.15. The summed E-state index contributed by atoms with van der Waals surface area (Å²) in [5, 5.41) is 14.5. The Bertz CT molecular complexity index is 613. The third-order valence-electron chi connectivity index (χ3n) is 2.89. The van der Waals surface area contributed by atoms with Crippen LogP contribution in [0.4, 0.5) is 0 Å². The summed E-state index contributed by atoms with van der Waals surface area (Å²) in [4.78, 5) is 6.80. The van der Waals surface area contributed by atoms with E-state index in [1.807, 2.05) is 0 Å². The topological polar surface area (TPSA) is 53.6 Å². The number of aromatic amines is 1. The lowest BCUT2D eigenvalue weighted by Crippen LogP contribution is -2.18. The van der Waals surface area contributed by atoms with Crippen LogP contribution in [0.25, 0.3) is 10.4 Å². The molecule has 3 aromatic heterocycles. The standard InChI is InChI=1S/C13H14N4S2/c1-9(13-15-8-16-17-13)14-6-11-5-10(7-19-11)12-3-2-4-18-12/h2-5,7-9,14H,6H2,1H3,(H,15,16,17). The Morgan fingerprint density at radius 3 is 3.11 bits per heavy atom. The molecule has 98 valence electrons. The highest BCUT2D eigenvalue weighted by Crippen LogP contribution is 2.29. The minimum Gasteiger partial charge on any atom is -0.303 e. The van der Waals surface area contributed by atoms with E-state index in [9.17, 15) is 0 Å². The summed E-state index contributed by atoms with van der Waals surface area (Å²) in [6.45, 7) is 2.92. The van der Waals surface area contributed by atoms with Gasteiger partial charge in [0, 0.05) is 21.9 Å². The molecule has 0 aromatic carbocycles. The number of nitrogens with one attached hydrogen (secondary N) is 2. The fourth-order valence-corrected chi connectivity index (χ4v) is 3.44. The lowest BCUT2D eigenvalue weighted by atomic mass is 10.2. The van der Waals surface area contributed by atoms with Gasteiger partial charge in [-0.15, -0.1) is 22.7 Å². The molecule has 1 atom stereocenters. The van der Waals surface area contributed by atoms with Gasteiger partial charge in [-0.05, 0) is 29.8 Å². The van der Waals surface area contributed by atoms with Gasteiger partial charge in [-0.2, -0.15) is 5.10 Å². The Balaban J connectivity index is 1.62. The maximum Gasteiger partial charge on any atom is 0.141 e. The second-order valence-corrected chi connectivity index (χ2v) is 6.20. The molecule has 4 nitrogen and oxygen atoms in total. The summed E-state index contributed by atoms with van der Waals surface area (Å²) >= 11 is 3.56. The Kier molecular flexibility index (Phi) is 3.72. The van der Waals surface area contributed by atoms with Crippen LogP contribution in [0.5, 0.6) is 0 Å². The van der Waals surface area contributed by atoms with E-state index >= 15 is 0 Å². The molecule has 6 heteroatoms. The van der Waals surface area contributed by atoms with Crippen molar-refractivity contribution in [1.82, 2.24) is 20.5 Å². The monoisotopic (exact) mass is 290 g/mol. The number of rotatable bonds is 5. The first-order valence-electron chi connectivity index (χ1n) is 6.03. The van der Waals surface area contributed by atoms with E-state index in [1.165, 1.54) is 21.6 Å². The van der Waals surface area contributed by atoms with Crippen molar-refractivity contribution in [3.8, 4) is 10.4 Å². The van der Waals surface area contributed by atoms with Gasteiger partial charge < -0.3 is 5.32 Å². The fourth-order valence-electron chi connectivity index (χ4n) is 1.82. The fraction of sp³-hybridized carbons (Fsp3) is 0.231. The zero-order chi connectivity index (χ0) is 13.1. The molecule has 0 aliphatic carbocycles. The Morgan fingerprint density at radius 1 is 1.42 bits per heavy atom. The second kappa shape index (κ2) is 5.64. The summed E-state index contributed by atoms with van der Waals surface area (Å²) in [6, 6.07) is 6.66. The number of hydrogen-bond donors (Lipinski definition) is 2. The van der Waals surface area contributed by atoms with Crippen LogP contribution in [0.1, 0.15) is 23.7 Å². The average Bonchev–Trinajstić information content (AvgIpc) is 3.14. The summed E-state index contributed by atoms with van der Waals surface area (Å²) in [6.07, 6.45) is 1.54. The van der Waals surface area contributed by atoms with Gasteiger partial charge >= 0.3 is 0 Å². The summed E-state index contributed by atoms with van der Waals surface area (Å²) in [5.41, 5.74) is 1.31. The van der Waals surface area contributed by atoms with Crippen molar-refractivity contribution < 1.29 is 0 Å². The van der Waals surface area contributed by atoms with Crippen LogP contribution in [0.2, 0.25) is 0 Å². The Labute approximate surface area is 119 Å². The number of aromatic nitrogens is 3. The number of thiophene rings is 2. The molecule has 0 amide bonds. The van der Waals surface area contributed by atoms with Crippen molar-refractivity contribution in [2.45, 2.75) is 19.5 Å². The molecule has 19 heavy (non-hydrogen) atoms. The highest BCUT2D eigenvalue weighted by molar-refractivity contribution is 7.14. The first-order valence-corrected chi connectivity index (χ1v) is 7.79. The molecule has 0 aliphatic heterocycles. The predicted octanol–water partition coefficient (Wildman–Crippen LogP) is 3.45. The van der Waals surface area contributed by atoms with Crippen molar-refractivity contribution in [3.63, 3.8) is 0 Å². The van der Waals surface area contributed by atoms with Crippen molar-refractivity contribution in [2.75, 3.05) is 0 Å². The van der Waals surface area contributed by atoms with Crippen molar-refractivity contribution >= 4 is 22.7 Å².